The fraction of sp³-hybridized carbons (Fsp3) is 0.222. The minimum absolute atomic E-state index is 0.0210. The normalized spacial score (nSPS) is 16.6. The predicted molar refractivity (Wildman–Crippen MR) is 87.3 cm³/mol. The fourth-order valence-corrected chi connectivity index (χ4v) is 2.83. The molecule has 0 radical (unpaired) electrons. The van der Waals surface area contributed by atoms with Crippen LogP contribution in [0.5, 0.6) is 0 Å². The number of ether oxygens (including phenoxy) is 1. The summed E-state index contributed by atoms with van der Waals surface area (Å²) >= 11 is 0. The molecule has 0 saturated carbocycles. The molecular formula is C18H17N3O3. The average molecular weight is 323 g/mol. The van der Waals surface area contributed by atoms with Crippen molar-refractivity contribution in [2.24, 2.45) is 0 Å². The molecule has 6 heteroatoms. The van der Waals surface area contributed by atoms with E-state index >= 15 is 0 Å². The Hall–Kier alpha value is -2.86. The SMILES string of the molecule is O=C(NCC1Cc2ccccc2CO1)c1cc(-c2ccco2)[nH]n1. The second-order valence-corrected chi connectivity index (χ2v) is 5.76. The molecule has 24 heavy (non-hydrogen) atoms. The van der Waals surface area contributed by atoms with E-state index in [2.05, 4.69) is 27.6 Å². The third kappa shape index (κ3) is 2.96. The number of benzene rings is 1. The van der Waals surface area contributed by atoms with E-state index in [1.54, 1.807) is 18.4 Å². The Morgan fingerprint density at radius 1 is 1.25 bits per heavy atom. The molecule has 1 unspecified atom stereocenters. The second-order valence-electron chi connectivity index (χ2n) is 5.76. The standard InChI is InChI=1S/C18H17N3O3/c22-18(16-9-15(20-21-16)17-6-3-7-23-17)19-10-14-8-12-4-1-2-5-13(12)11-24-14/h1-7,9,14H,8,10-11H2,(H,19,22)(H,20,21). The van der Waals surface area contributed by atoms with E-state index in [0.29, 0.717) is 30.3 Å². The van der Waals surface area contributed by atoms with Crippen LogP contribution in [-0.4, -0.2) is 28.8 Å². The van der Waals surface area contributed by atoms with Gasteiger partial charge in [-0.2, -0.15) is 5.10 Å². The van der Waals surface area contributed by atoms with Crippen LogP contribution >= 0.6 is 0 Å². The smallest absolute Gasteiger partial charge is 0.271 e. The number of fused-ring (bicyclic) bond motifs is 1. The molecule has 0 fully saturated rings. The lowest BCUT2D eigenvalue weighted by atomic mass is 9.99. The molecule has 0 aliphatic carbocycles. The van der Waals surface area contributed by atoms with Crippen molar-refractivity contribution in [2.45, 2.75) is 19.1 Å². The van der Waals surface area contributed by atoms with E-state index in [1.165, 1.54) is 11.1 Å². The number of furan rings is 1. The van der Waals surface area contributed by atoms with Crippen molar-refractivity contribution in [1.29, 1.82) is 0 Å². The summed E-state index contributed by atoms with van der Waals surface area (Å²) in [7, 11) is 0. The number of rotatable bonds is 4. The Kier molecular flexibility index (Phi) is 3.88. The highest BCUT2D eigenvalue weighted by Gasteiger charge is 2.20. The molecule has 0 spiro atoms. The molecule has 1 amide bonds. The first kappa shape index (κ1) is 14.7. The Morgan fingerprint density at radius 2 is 2.12 bits per heavy atom. The summed E-state index contributed by atoms with van der Waals surface area (Å²) in [5, 5.41) is 9.72. The Bertz CT molecular complexity index is 839. The third-order valence-corrected chi connectivity index (χ3v) is 4.13. The molecule has 6 nitrogen and oxygen atoms in total. The van der Waals surface area contributed by atoms with E-state index in [0.717, 1.165) is 6.42 Å². The van der Waals surface area contributed by atoms with Gasteiger partial charge in [0.25, 0.3) is 5.91 Å². The number of nitrogens with one attached hydrogen (secondary N) is 2. The maximum absolute atomic E-state index is 12.2. The van der Waals surface area contributed by atoms with Crippen LogP contribution < -0.4 is 5.32 Å². The summed E-state index contributed by atoms with van der Waals surface area (Å²) in [6.07, 6.45) is 2.36. The van der Waals surface area contributed by atoms with Gasteiger partial charge in [-0.25, -0.2) is 0 Å². The van der Waals surface area contributed by atoms with Crippen molar-refractivity contribution in [3.63, 3.8) is 0 Å². The van der Waals surface area contributed by atoms with Gasteiger partial charge in [0.1, 0.15) is 5.69 Å². The fourth-order valence-electron chi connectivity index (χ4n) is 2.83. The number of hydrogen-bond donors (Lipinski definition) is 2. The molecule has 0 bridgehead atoms. The van der Waals surface area contributed by atoms with Crippen molar-refractivity contribution < 1.29 is 13.9 Å². The van der Waals surface area contributed by atoms with Gasteiger partial charge < -0.3 is 14.5 Å². The number of amides is 1. The van der Waals surface area contributed by atoms with Crippen LogP contribution in [0.4, 0.5) is 0 Å². The van der Waals surface area contributed by atoms with E-state index in [-0.39, 0.29) is 12.0 Å². The van der Waals surface area contributed by atoms with Gasteiger partial charge in [0.2, 0.25) is 0 Å². The van der Waals surface area contributed by atoms with Crippen molar-refractivity contribution in [2.75, 3.05) is 6.54 Å². The molecule has 1 aliphatic rings. The number of carbonyl (C=O) groups is 1. The lowest BCUT2D eigenvalue weighted by Gasteiger charge is -2.25. The van der Waals surface area contributed by atoms with Crippen molar-refractivity contribution in [1.82, 2.24) is 15.5 Å². The van der Waals surface area contributed by atoms with E-state index < -0.39 is 0 Å². The maximum Gasteiger partial charge on any atom is 0.271 e. The minimum Gasteiger partial charge on any atom is -0.463 e. The zero-order valence-corrected chi connectivity index (χ0v) is 13.0. The number of hydrogen-bond acceptors (Lipinski definition) is 4. The molecule has 0 saturated heterocycles. The molecule has 2 N–H and O–H groups in total. The average Bonchev–Trinajstić information content (AvgIpc) is 3.30. The molecule has 122 valence electrons. The second kappa shape index (κ2) is 6.33. The molecule has 1 aliphatic heterocycles. The largest absolute Gasteiger partial charge is 0.463 e. The highest BCUT2D eigenvalue weighted by molar-refractivity contribution is 5.93. The molecule has 1 atom stereocenters. The van der Waals surface area contributed by atoms with Crippen molar-refractivity contribution >= 4 is 5.91 Å². The Balaban J connectivity index is 1.36. The number of nitrogens with zero attached hydrogens (tertiary/aromatic N) is 1. The van der Waals surface area contributed by atoms with Gasteiger partial charge in [-0.05, 0) is 23.3 Å². The highest BCUT2D eigenvalue weighted by atomic mass is 16.5. The lowest BCUT2D eigenvalue weighted by molar-refractivity contribution is 0.0284. The molecule has 3 aromatic rings. The number of aromatic amines is 1. The topological polar surface area (TPSA) is 80.1 Å². The zero-order valence-electron chi connectivity index (χ0n) is 13.0. The van der Waals surface area contributed by atoms with Gasteiger partial charge in [-0.3, -0.25) is 9.89 Å². The highest BCUT2D eigenvalue weighted by Crippen LogP contribution is 2.20. The minimum atomic E-state index is -0.230. The van der Waals surface area contributed by atoms with E-state index in [1.807, 2.05) is 18.2 Å². The quantitative estimate of drug-likeness (QED) is 0.773. The summed E-state index contributed by atoms with van der Waals surface area (Å²) in [4.78, 5) is 12.2. The summed E-state index contributed by atoms with van der Waals surface area (Å²) in [6, 6.07) is 13.5. The van der Waals surface area contributed by atoms with Crippen LogP contribution in [0, 0.1) is 0 Å². The van der Waals surface area contributed by atoms with E-state index in [4.69, 9.17) is 9.15 Å². The molecule has 4 rings (SSSR count). The zero-order chi connectivity index (χ0) is 16.4. The first-order chi connectivity index (χ1) is 11.8. The number of aromatic nitrogens is 2. The van der Waals surface area contributed by atoms with Crippen LogP contribution in [0.15, 0.2) is 53.1 Å². The van der Waals surface area contributed by atoms with E-state index in [9.17, 15) is 4.79 Å². The van der Waals surface area contributed by atoms with Crippen molar-refractivity contribution in [3.8, 4) is 11.5 Å². The van der Waals surface area contributed by atoms with Crippen LogP contribution in [-0.2, 0) is 17.8 Å². The molecule has 3 heterocycles. The van der Waals surface area contributed by atoms with Gasteiger partial charge in [-0.15, -0.1) is 0 Å². The Morgan fingerprint density at radius 3 is 2.96 bits per heavy atom. The summed E-state index contributed by atoms with van der Waals surface area (Å²) in [5.74, 6) is 0.417. The lowest BCUT2D eigenvalue weighted by Crippen LogP contribution is -2.36. The monoisotopic (exact) mass is 323 g/mol. The number of H-pyrrole nitrogens is 1. The van der Waals surface area contributed by atoms with Gasteiger partial charge in [0.05, 0.1) is 19.0 Å². The first-order valence-electron chi connectivity index (χ1n) is 7.85. The van der Waals surface area contributed by atoms with Crippen LogP contribution in [0.1, 0.15) is 21.6 Å². The van der Waals surface area contributed by atoms with Gasteiger partial charge in [-0.1, -0.05) is 24.3 Å². The van der Waals surface area contributed by atoms with Crippen LogP contribution in [0.2, 0.25) is 0 Å². The third-order valence-electron chi connectivity index (χ3n) is 4.13. The summed E-state index contributed by atoms with van der Waals surface area (Å²) < 4.78 is 11.1. The van der Waals surface area contributed by atoms with Gasteiger partial charge >= 0.3 is 0 Å². The first-order valence-corrected chi connectivity index (χ1v) is 7.85. The number of carbonyl (C=O) groups excluding carboxylic acids is 1. The van der Waals surface area contributed by atoms with Gasteiger partial charge in [0, 0.05) is 19.0 Å². The predicted octanol–water partition coefficient (Wildman–Crippen LogP) is 2.54. The van der Waals surface area contributed by atoms with Gasteiger partial charge in [0.15, 0.2) is 11.5 Å². The summed E-state index contributed by atoms with van der Waals surface area (Å²) in [6.45, 7) is 1.04. The van der Waals surface area contributed by atoms with Crippen molar-refractivity contribution in [3.05, 3.63) is 65.5 Å². The van der Waals surface area contributed by atoms with Crippen LogP contribution in [0.25, 0.3) is 11.5 Å². The summed E-state index contributed by atoms with van der Waals surface area (Å²) in [5.41, 5.74) is 3.50. The van der Waals surface area contributed by atoms with Crippen LogP contribution in [0.3, 0.4) is 0 Å². The maximum atomic E-state index is 12.2. The molecular weight excluding hydrogens is 306 g/mol. The molecule has 2 aromatic heterocycles. The Labute approximate surface area is 138 Å². The molecule has 1 aromatic carbocycles.